The Morgan fingerprint density at radius 3 is 1.27 bits per heavy atom. The van der Waals surface area contributed by atoms with Crippen molar-refractivity contribution in [3.63, 3.8) is 0 Å². The van der Waals surface area contributed by atoms with E-state index in [1.807, 2.05) is 0 Å². The Kier molecular flexibility index (Phi) is 5.96. The molecule has 8 heteroatoms. The molecule has 0 aliphatic rings. The minimum Gasteiger partial charge on any atom is -0.372 e. The monoisotopic (exact) mass is 240 g/mol. The van der Waals surface area contributed by atoms with Crippen LogP contribution in [0.5, 0.6) is 0 Å². The van der Waals surface area contributed by atoms with E-state index in [0.717, 1.165) is 0 Å². The van der Waals surface area contributed by atoms with E-state index in [2.05, 4.69) is 9.47 Å². The molecule has 0 aliphatic carbocycles. The van der Waals surface area contributed by atoms with E-state index < -0.39 is 25.6 Å². The van der Waals surface area contributed by atoms with E-state index in [9.17, 15) is 26.3 Å². The van der Waals surface area contributed by atoms with Crippen molar-refractivity contribution in [2.24, 2.45) is 0 Å². The molecule has 0 aromatic heterocycles. The van der Waals surface area contributed by atoms with Gasteiger partial charge in [0.2, 0.25) is 0 Å². The minimum atomic E-state index is -4.41. The van der Waals surface area contributed by atoms with Gasteiger partial charge in [-0.05, 0) is 6.42 Å². The number of alkyl halides is 6. The van der Waals surface area contributed by atoms with E-state index in [4.69, 9.17) is 0 Å². The highest BCUT2D eigenvalue weighted by Gasteiger charge is 2.28. The summed E-state index contributed by atoms with van der Waals surface area (Å²) in [5, 5.41) is 0. The van der Waals surface area contributed by atoms with Gasteiger partial charge in [-0.3, -0.25) is 0 Å². The first-order chi connectivity index (χ1) is 6.71. The van der Waals surface area contributed by atoms with Crippen LogP contribution < -0.4 is 0 Å². The predicted octanol–water partition coefficient (Wildman–Crippen LogP) is 2.53. The molecule has 0 aromatic rings. The Labute approximate surface area is 82.1 Å². The van der Waals surface area contributed by atoms with Crippen LogP contribution in [0.25, 0.3) is 0 Å². The highest BCUT2D eigenvalue weighted by molar-refractivity contribution is 4.47. The number of halogens is 6. The first-order valence-corrected chi connectivity index (χ1v) is 4.00. The van der Waals surface area contributed by atoms with E-state index in [1.165, 1.54) is 0 Å². The van der Waals surface area contributed by atoms with Gasteiger partial charge in [-0.15, -0.1) is 0 Å². The van der Waals surface area contributed by atoms with Gasteiger partial charge in [-0.25, -0.2) is 0 Å². The van der Waals surface area contributed by atoms with Crippen LogP contribution in [-0.4, -0.2) is 38.8 Å². The van der Waals surface area contributed by atoms with Crippen LogP contribution in [0.3, 0.4) is 0 Å². The van der Waals surface area contributed by atoms with Crippen LogP contribution >= 0.6 is 0 Å². The van der Waals surface area contributed by atoms with Gasteiger partial charge in [0.05, 0.1) is 0 Å². The lowest BCUT2D eigenvalue weighted by Gasteiger charge is -2.09. The van der Waals surface area contributed by atoms with Crippen molar-refractivity contribution >= 4 is 0 Å². The lowest BCUT2D eigenvalue weighted by Crippen LogP contribution is -2.19. The van der Waals surface area contributed by atoms with Gasteiger partial charge in [0.15, 0.2) is 0 Å². The van der Waals surface area contributed by atoms with Crippen LogP contribution in [0, 0.1) is 0 Å². The second kappa shape index (κ2) is 6.16. The van der Waals surface area contributed by atoms with Crippen molar-refractivity contribution in [1.29, 1.82) is 0 Å². The maximum absolute atomic E-state index is 11.5. The molecule has 0 rings (SSSR count). The molecule has 0 unspecified atom stereocenters. The molecular weight excluding hydrogens is 230 g/mol. The van der Waals surface area contributed by atoms with E-state index in [1.54, 1.807) is 0 Å². The molecule has 0 atom stereocenters. The third-order valence-electron chi connectivity index (χ3n) is 1.11. The van der Waals surface area contributed by atoms with E-state index in [-0.39, 0.29) is 19.6 Å². The molecule has 0 heterocycles. The second-order valence-electron chi connectivity index (χ2n) is 2.69. The van der Waals surface area contributed by atoms with E-state index in [0.29, 0.717) is 0 Å². The first kappa shape index (κ1) is 14.5. The summed E-state index contributed by atoms with van der Waals surface area (Å²) in [6.07, 6.45) is -8.83. The van der Waals surface area contributed by atoms with Crippen molar-refractivity contribution in [3.8, 4) is 0 Å². The zero-order valence-electron chi connectivity index (χ0n) is 7.62. The fraction of sp³-hybridized carbons (Fsp3) is 1.00. The van der Waals surface area contributed by atoms with Gasteiger partial charge < -0.3 is 9.47 Å². The molecule has 0 aromatic carbocycles. The van der Waals surface area contributed by atoms with Crippen molar-refractivity contribution in [3.05, 3.63) is 0 Å². The maximum Gasteiger partial charge on any atom is 0.411 e. The topological polar surface area (TPSA) is 18.5 Å². The van der Waals surface area contributed by atoms with Gasteiger partial charge in [0.25, 0.3) is 0 Å². The number of hydrogen-bond donors (Lipinski definition) is 0. The summed E-state index contributed by atoms with van der Waals surface area (Å²) in [5.41, 5.74) is 0. The van der Waals surface area contributed by atoms with Crippen LogP contribution in [0.4, 0.5) is 26.3 Å². The lowest BCUT2D eigenvalue weighted by molar-refractivity contribution is -0.180. The molecule has 15 heavy (non-hydrogen) atoms. The molecule has 0 bridgehead atoms. The van der Waals surface area contributed by atoms with Crippen LogP contribution in [0.15, 0.2) is 0 Å². The highest BCUT2D eigenvalue weighted by Crippen LogP contribution is 2.15. The number of rotatable bonds is 6. The maximum atomic E-state index is 11.5. The van der Waals surface area contributed by atoms with Crippen molar-refractivity contribution in [2.45, 2.75) is 18.8 Å². The van der Waals surface area contributed by atoms with Gasteiger partial charge in [-0.1, -0.05) is 0 Å². The van der Waals surface area contributed by atoms with Gasteiger partial charge >= 0.3 is 12.4 Å². The molecule has 92 valence electrons. The number of hydrogen-bond acceptors (Lipinski definition) is 2. The molecule has 0 fully saturated rings. The summed E-state index contributed by atoms with van der Waals surface area (Å²) >= 11 is 0. The predicted molar refractivity (Wildman–Crippen MR) is 38.4 cm³/mol. The first-order valence-electron chi connectivity index (χ1n) is 4.00. The Morgan fingerprint density at radius 2 is 1.00 bits per heavy atom. The summed E-state index contributed by atoms with van der Waals surface area (Å²) in [6, 6.07) is 0. The van der Waals surface area contributed by atoms with Crippen molar-refractivity contribution in [1.82, 2.24) is 0 Å². The van der Waals surface area contributed by atoms with Gasteiger partial charge in [0.1, 0.15) is 13.2 Å². The molecule has 0 radical (unpaired) electrons. The largest absolute Gasteiger partial charge is 0.411 e. The molecule has 0 saturated carbocycles. The normalized spacial score (nSPS) is 13.2. The molecular formula is C7H10F6O2. The standard InChI is InChI=1S/C7H10F6O2/c8-6(9,10)4-14-2-1-3-15-5-7(11,12)13/h1-5H2. The molecule has 0 amide bonds. The van der Waals surface area contributed by atoms with Gasteiger partial charge in [-0.2, -0.15) is 26.3 Å². The van der Waals surface area contributed by atoms with Crippen molar-refractivity contribution < 1.29 is 35.8 Å². The molecule has 0 spiro atoms. The van der Waals surface area contributed by atoms with Crippen LogP contribution in [-0.2, 0) is 9.47 Å². The van der Waals surface area contributed by atoms with Crippen LogP contribution in [0.1, 0.15) is 6.42 Å². The Morgan fingerprint density at radius 1 is 0.667 bits per heavy atom. The second-order valence-corrected chi connectivity index (χ2v) is 2.69. The summed E-state index contributed by atoms with van der Waals surface area (Å²) in [6.45, 7) is -3.35. The summed E-state index contributed by atoms with van der Waals surface area (Å²) in [7, 11) is 0. The summed E-state index contributed by atoms with van der Waals surface area (Å²) in [5.74, 6) is 0. The Bertz CT molecular complexity index is 146. The third kappa shape index (κ3) is 13.5. The average Bonchev–Trinajstić information content (AvgIpc) is 1.98. The molecule has 0 aliphatic heterocycles. The highest BCUT2D eigenvalue weighted by atomic mass is 19.4. The Balaban J connectivity index is 3.20. The molecule has 0 saturated heterocycles. The molecule has 0 N–H and O–H groups in total. The fourth-order valence-corrected chi connectivity index (χ4v) is 0.639. The SMILES string of the molecule is FC(F)(F)COCCCOCC(F)(F)F. The Hall–Kier alpha value is -0.500. The minimum absolute atomic E-state index is 0.00778. The van der Waals surface area contributed by atoms with Crippen LogP contribution in [0.2, 0.25) is 0 Å². The molecule has 2 nitrogen and oxygen atoms in total. The van der Waals surface area contributed by atoms with Gasteiger partial charge in [0, 0.05) is 13.2 Å². The third-order valence-corrected chi connectivity index (χ3v) is 1.11. The lowest BCUT2D eigenvalue weighted by atomic mass is 10.5. The fourth-order valence-electron chi connectivity index (χ4n) is 0.639. The average molecular weight is 240 g/mol. The summed E-state index contributed by atoms with van der Waals surface area (Å²) in [4.78, 5) is 0. The van der Waals surface area contributed by atoms with E-state index >= 15 is 0 Å². The smallest absolute Gasteiger partial charge is 0.372 e. The van der Waals surface area contributed by atoms with Crippen molar-refractivity contribution in [2.75, 3.05) is 26.4 Å². The zero-order chi connectivity index (χ0) is 11.9. The zero-order valence-corrected chi connectivity index (χ0v) is 7.62. The number of ether oxygens (including phenoxy) is 2. The quantitative estimate of drug-likeness (QED) is 0.524. The summed E-state index contributed by atoms with van der Waals surface area (Å²) < 4.78 is 77.2.